The highest BCUT2D eigenvalue weighted by atomic mass is 32.2. The lowest BCUT2D eigenvalue weighted by molar-refractivity contribution is -0.113. The van der Waals surface area contributed by atoms with Crippen LogP contribution in [0, 0.1) is 18.8 Å². The lowest BCUT2D eigenvalue weighted by Crippen LogP contribution is -2.21. The van der Waals surface area contributed by atoms with E-state index in [4.69, 9.17) is 0 Å². The Balaban J connectivity index is 2.44. The van der Waals surface area contributed by atoms with E-state index in [-0.39, 0.29) is 28.4 Å². The second-order valence-electron chi connectivity index (χ2n) is 7.30. The number of carbonyl (C=O) groups is 1. The highest BCUT2D eigenvalue weighted by Gasteiger charge is 2.24. The summed E-state index contributed by atoms with van der Waals surface area (Å²) in [4.78, 5) is 17.0. The van der Waals surface area contributed by atoms with Crippen LogP contribution in [-0.4, -0.2) is 25.7 Å². The first-order valence-electron chi connectivity index (χ1n) is 8.96. The molecule has 0 saturated heterocycles. The van der Waals surface area contributed by atoms with E-state index in [0.29, 0.717) is 16.9 Å². The summed E-state index contributed by atoms with van der Waals surface area (Å²) in [6, 6.07) is 6.51. The summed E-state index contributed by atoms with van der Waals surface area (Å²) < 4.78 is 28.7. The zero-order valence-corrected chi connectivity index (χ0v) is 17.5. The summed E-state index contributed by atoms with van der Waals surface area (Å²) in [5.41, 5.74) is 2.87. The molecule has 27 heavy (non-hydrogen) atoms. The summed E-state index contributed by atoms with van der Waals surface area (Å²) in [5.74, 6) is 0.261. The van der Waals surface area contributed by atoms with Gasteiger partial charge in [-0.2, -0.15) is 8.42 Å². The molecule has 1 aliphatic rings. The number of aliphatic imine (C=N–C) groups is 1. The molecule has 0 aromatic heterocycles. The van der Waals surface area contributed by atoms with Crippen LogP contribution in [0.15, 0.2) is 61.8 Å². The van der Waals surface area contributed by atoms with Crippen molar-refractivity contribution in [1.82, 2.24) is 0 Å². The van der Waals surface area contributed by atoms with Gasteiger partial charge in [-0.15, -0.1) is 4.40 Å². The Bertz CT molecular complexity index is 931. The molecule has 6 heteroatoms. The maximum Gasteiger partial charge on any atom is 0.283 e. The van der Waals surface area contributed by atoms with Gasteiger partial charge in [-0.1, -0.05) is 45.4 Å². The SMILES string of the molecule is C/C(N=C1C=C(C(C)C)C(=O)C(C(C)C)=C1)=N/S(=O)(=O)c1ccc(C)cc1. The molecule has 0 spiro atoms. The van der Waals surface area contributed by atoms with Crippen LogP contribution in [0.3, 0.4) is 0 Å². The Morgan fingerprint density at radius 2 is 1.41 bits per heavy atom. The van der Waals surface area contributed by atoms with E-state index in [9.17, 15) is 13.2 Å². The van der Waals surface area contributed by atoms with Gasteiger partial charge in [0.25, 0.3) is 10.0 Å². The standard InChI is InChI=1S/C21H26N2O3S/c1-13(2)19-11-17(12-20(14(3)4)21(19)24)22-16(6)23-27(25,26)18-9-7-15(5)8-10-18/h7-14H,1-6H3/b23-16-. The van der Waals surface area contributed by atoms with Crippen molar-refractivity contribution in [1.29, 1.82) is 0 Å². The number of benzene rings is 1. The lowest BCUT2D eigenvalue weighted by Gasteiger charge is -2.20. The molecule has 5 nitrogen and oxygen atoms in total. The fraction of sp³-hybridized carbons (Fsp3) is 0.381. The largest absolute Gasteiger partial charge is 0.289 e. The molecule has 0 unspecified atom stereocenters. The van der Waals surface area contributed by atoms with Gasteiger partial charge in [0.05, 0.1) is 10.6 Å². The Morgan fingerprint density at radius 3 is 1.85 bits per heavy atom. The zero-order valence-electron chi connectivity index (χ0n) is 16.6. The molecule has 0 amide bonds. The first-order chi connectivity index (χ1) is 12.5. The third-order valence-corrected chi connectivity index (χ3v) is 5.61. The highest BCUT2D eigenvalue weighted by molar-refractivity contribution is 7.90. The van der Waals surface area contributed by atoms with Crippen molar-refractivity contribution >= 4 is 27.4 Å². The quantitative estimate of drug-likeness (QED) is 0.440. The number of nitrogens with zero attached hydrogens (tertiary/aromatic N) is 2. The van der Waals surface area contributed by atoms with Gasteiger partial charge in [0.2, 0.25) is 0 Å². The Morgan fingerprint density at radius 1 is 0.926 bits per heavy atom. The topological polar surface area (TPSA) is 75.9 Å². The van der Waals surface area contributed by atoms with Gasteiger partial charge >= 0.3 is 0 Å². The number of aryl methyl sites for hydroxylation is 1. The maximum absolute atomic E-state index is 12.6. The minimum absolute atomic E-state index is 0.0285. The Labute approximate surface area is 161 Å². The van der Waals surface area contributed by atoms with E-state index < -0.39 is 10.0 Å². The third-order valence-electron chi connectivity index (χ3n) is 4.24. The van der Waals surface area contributed by atoms with Crippen molar-refractivity contribution in [3.05, 3.63) is 53.1 Å². The van der Waals surface area contributed by atoms with Gasteiger partial charge in [0.1, 0.15) is 5.84 Å². The molecule has 1 aromatic carbocycles. The molecule has 0 radical (unpaired) electrons. The molecular weight excluding hydrogens is 360 g/mol. The minimum atomic E-state index is -3.82. The number of amidine groups is 1. The van der Waals surface area contributed by atoms with Gasteiger partial charge in [-0.25, -0.2) is 4.99 Å². The Hall–Kier alpha value is -2.34. The summed E-state index contributed by atoms with van der Waals surface area (Å²) in [6.45, 7) is 11.2. The average Bonchev–Trinajstić information content (AvgIpc) is 2.55. The molecule has 144 valence electrons. The first-order valence-corrected chi connectivity index (χ1v) is 10.4. The molecule has 0 atom stereocenters. The predicted molar refractivity (Wildman–Crippen MR) is 110 cm³/mol. The van der Waals surface area contributed by atoms with Gasteiger partial charge in [0, 0.05) is 11.1 Å². The van der Waals surface area contributed by atoms with Crippen molar-refractivity contribution in [2.45, 2.75) is 46.4 Å². The summed E-state index contributed by atoms with van der Waals surface area (Å²) in [7, 11) is -3.82. The molecule has 0 aliphatic heterocycles. The fourth-order valence-corrected chi connectivity index (χ4v) is 3.70. The monoisotopic (exact) mass is 386 g/mol. The average molecular weight is 387 g/mol. The van der Waals surface area contributed by atoms with Crippen LogP contribution >= 0.6 is 0 Å². The molecule has 2 rings (SSSR count). The van der Waals surface area contributed by atoms with Gasteiger partial charge in [0.15, 0.2) is 5.78 Å². The lowest BCUT2D eigenvalue weighted by atomic mass is 9.84. The van der Waals surface area contributed by atoms with Crippen LogP contribution in [0.1, 0.15) is 40.2 Å². The van der Waals surface area contributed by atoms with Gasteiger partial charge in [-0.05, 0) is 50.0 Å². The van der Waals surface area contributed by atoms with Gasteiger partial charge < -0.3 is 0 Å². The molecular formula is C21H26N2O3S. The van der Waals surface area contributed by atoms with Gasteiger partial charge in [-0.3, -0.25) is 4.79 Å². The third kappa shape index (κ3) is 5.10. The van der Waals surface area contributed by atoms with Crippen LogP contribution in [-0.2, 0) is 14.8 Å². The van der Waals surface area contributed by atoms with Crippen molar-refractivity contribution in [2.24, 2.45) is 21.2 Å². The van der Waals surface area contributed by atoms with E-state index >= 15 is 0 Å². The number of allylic oxidation sites excluding steroid dienone is 4. The van der Waals surface area contributed by atoms with E-state index in [2.05, 4.69) is 9.39 Å². The number of hydrogen-bond donors (Lipinski definition) is 0. The fourth-order valence-electron chi connectivity index (χ4n) is 2.72. The number of carbonyl (C=O) groups excluding carboxylic acids is 1. The van der Waals surface area contributed by atoms with E-state index in [0.717, 1.165) is 5.56 Å². The van der Waals surface area contributed by atoms with E-state index in [1.165, 1.54) is 12.1 Å². The number of rotatable bonds is 4. The molecule has 0 heterocycles. The second kappa shape index (κ2) is 8.13. The minimum Gasteiger partial charge on any atom is -0.289 e. The van der Waals surface area contributed by atoms with E-state index in [1.807, 2.05) is 34.6 Å². The van der Waals surface area contributed by atoms with Crippen molar-refractivity contribution < 1.29 is 13.2 Å². The van der Waals surface area contributed by atoms with Crippen molar-refractivity contribution in [3.8, 4) is 0 Å². The number of ketones is 1. The maximum atomic E-state index is 12.6. The highest BCUT2D eigenvalue weighted by Crippen LogP contribution is 2.25. The number of Topliss-reactive ketones (excluding diaryl/α,β-unsaturated/α-hetero) is 1. The van der Waals surface area contributed by atoms with Crippen LogP contribution in [0.2, 0.25) is 0 Å². The molecule has 0 fully saturated rings. The summed E-state index contributed by atoms with van der Waals surface area (Å²) in [6.07, 6.45) is 3.44. The zero-order chi connectivity index (χ0) is 20.4. The molecule has 1 aromatic rings. The van der Waals surface area contributed by atoms with Crippen LogP contribution < -0.4 is 0 Å². The first kappa shape index (κ1) is 21.0. The number of hydrogen-bond acceptors (Lipinski definition) is 3. The summed E-state index contributed by atoms with van der Waals surface area (Å²) in [5, 5.41) is 0. The number of sulfonamides is 1. The Kier molecular flexibility index (Phi) is 6.31. The van der Waals surface area contributed by atoms with Crippen molar-refractivity contribution in [3.63, 3.8) is 0 Å². The smallest absolute Gasteiger partial charge is 0.283 e. The van der Waals surface area contributed by atoms with Crippen LogP contribution in [0.4, 0.5) is 0 Å². The molecule has 1 aliphatic carbocycles. The van der Waals surface area contributed by atoms with Crippen LogP contribution in [0.5, 0.6) is 0 Å². The van der Waals surface area contributed by atoms with Crippen molar-refractivity contribution in [2.75, 3.05) is 0 Å². The predicted octanol–water partition coefficient (Wildman–Crippen LogP) is 4.29. The molecule has 0 N–H and O–H groups in total. The van der Waals surface area contributed by atoms with Crippen LogP contribution in [0.25, 0.3) is 0 Å². The molecule has 0 bridgehead atoms. The van der Waals surface area contributed by atoms with E-state index in [1.54, 1.807) is 31.2 Å². The summed E-state index contributed by atoms with van der Waals surface area (Å²) >= 11 is 0. The normalized spacial score (nSPS) is 15.9. The molecule has 0 saturated carbocycles. The second-order valence-corrected chi connectivity index (χ2v) is 8.91.